The van der Waals surface area contributed by atoms with Crippen LogP contribution in [-0.4, -0.2) is 48.1 Å². The molecule has 114 valence electrons. The molecule has 0 radical (unpaired) electrons. The van der Waals surface area contributed by atoms with Crippen molar-refractivity contribution in [2.45, 2.75) is 19.8 Å². The van der Waals surface area contributed by atoms with E-state index in [1.54, 1.807) is 25.4 Å². The molecular weight excluding hydrogens is 272 g/mol. The third-order valence-corrected chi connectivity index (χ3v) is 3.34. The molecule has 1 fully saturated rings. The maximum absolute atomic E-state index is 12.1. The van der Waals surface area contributed by atoms with Crippen LogP contribution in [-0.2, 0) is 14.3 Å². The van der Waals surface area contributed by atoms with E-state index < -0.39 is 5.97 Å². The Kier molecular flexibility index (Phi) is 5.48. The van der Waals surface area contributed by atoms with Gasteiger partial charge in [0.1, 0.15) is 6.54 Å². The Morgan fingerprint density at radius 2 is 2.19 bits per heavy atom. The summed E-state index contributed by atoms with van der Waals surface area (Å²) in [5.74, 6) is -0.0500. The van der Waals surface area contributed by atoms with Crippen molar-refractivity contribution < 1.29 is 14.3 Å². The Labute approximate surface area is 123 Å². The number of aromatic nitrogens is 2. The van der Waals surface area contributed by atoms with Gasteiger partial charge in [0.05, 0.1) is 12.5 Å². The second-order valence-corrected chi connectivity index (χ2v) is 4.86. The summed E-state index contributed by atoms with van der Waals surface area (Å²) in [6, 6.07) is 1.76. The average molecular weight is 292 g/mol. The molecule has 1 aliphatic heterocycles. The highest BCUT2D eigenvalue weighted by Gasteiger charge is 2.27. The molecule has 1 aromatic rings. The molecule has 1 unspecified atom stereocenters. The van der Waals surface area contributed by atoms with E-state index >= 15 is 0 Å². The molecule has 0 spiro atoms. The van der Waals surface area contributed by atoms with Crippen molar-refractivity contribution >= 4 is 17.8 Å². The fourth-order valence-electron chi connectivity index (χ4n) is 2.34. The van der Waals surface area contributed by atoms with Crippen LogP contribution >= 0.6 is 0 Å². The third-order valence-electron chi connectivity index (χ3n) is 3.34. The van der Waals surface area contributed by atoms with Gasteiger partial charge in [-0.15, -0.1) is 0 Å². The van der Waals surface area contributed by atoms with E-state index in [1.165, 1.54) is 0 Å². The maximum Gasteiger partial charge on any atom is 0.325 e. The summed E-state index contributed by atoms with van der Waals surface area (Å²) >= 11 is 0. The van der Waals surface area contributed by atoms with Crippen LogP contribution in [0.2, 0.25) is 0 Å². The van der Waals surface area contributed by atoms with Crippen molar-refractivity contribution in [3.05, 3.63) is 18.5 Å². The lowest BCUT2D eigenvalue weighted by Gasteiger charge is -2.31. The van der Waals surface area contributed by atoms with E-state index in [9.17, 15) is 9.59 Å². The number of carbonyl (C=O) groups is 2. The predicted octanol–water partition coefficient (Wildman–Crippen LogP) is 0.372. The largest absolute Gasteiger partial charge is 0.465 e. The number of nitrogens with zero attached hydrogens (tertiary/aromatic N) is 3. The monoisotopic (exact) mass is 292 g/mol. The van der Waals surface area contributed by atoms with Crippen LogP contribution in [0.3, 0.4) is 0 Å². The molecule has 21 heavy (non-hydrogen) atoms. The molecule has 1 aliphatic rings. The standard InChI is InChI=1S/C14H20N4O3/c1-2-21-12(19)9-17-13(20)11-5-3-8-18(10-11)14-15-6-4-7-16-14/h4,6-7,11H,2-3,5,8-10H2,1H3,(H,17,20). The van der Waals surface area contributed by atoms with Gasteiger partial charge in [0.15, 0.2) is 0 Å². The third kappa shape index (κ3) is 4.40. The zero-order valence-electron chi connectivity index (χ0n) is 12.1. The maximum atomic E-state index is 12.1. The first-order valence-corrected chi connectivity index (χ1v) is 7.16. The molecule has 2 rings (SSSR count). The molecule has 7 heteroatoms. The van der Waals surface area contributed by atoms with Gasteiger partial charge in [0.2, 0.25) is 11.9 Å². The highest BCUT2D eigenvalue weighted by Crippen LogP contribution is 2.19. The van der Waals surface area contributed by atoms with Gasteiger partial charge < -0.3 is 15.0 Å². The second-order valence-electron chi connectivity index (χ2n) is 4.86. The van der Waals surface area contributed by atoms with Crippen LogP contribution in [0.5, 0.6) is 0 Å². The van der Waals surface area contributed by atoms with Gasteiger partial charge in [-0.25, -0.2) is 9.97 Å². The van der Waals surface area contributed by atoms with E-state index in [2.05, 4.69) is 15.3 Å². The first-order chi connectivity index (χ1) is 10.2. The summed E-state index contributed by atoms with van der Waals surface area (Å²) < 4.78 is 4.79. The van der Waals surface area contributed by atoms with E-state index in [0.717, 1.165) is 19.4 Å². The Hall–Kier alpha value is -2.18. The molecule has 1 aromatic heterocycles. The van der Waals surface area contributed by atoms with Gasteiger partial charge in [0, 0.05) is 25.5 Å². The fourth-order valence-corrected chi connectivity index (χ4v) is 2.34. The molecule has 0 bridgehead atoms. The molecule has 0 aromatic carbocycles. The fraction of sp³-hybridized carbons (Fsp3) is 0.571. The number of esters is 1. The highest BCUT2D eigenvalue weighted by atomic mass is 16.5. The summed E-state index contributed by atoms with van der Waals surface area (Å²) in [5.41, 5.74) is 0. The van der Waals surface area contributed by atoms with Gasteiger partial charge in [-0.3, -0.25) is 9.59 Å². The van der Waals surface area contributed by atoms with Gasteiger partial charge >= 0.3 is 5.97 Å². The van der Waals surface area contributed by atoms with Crippen LogP contribution in [0.25, 0.3) is 0 Å². The highest BCUT2D eigenvalue weighted by molar-refractivity contribution is 5.84. The normalized spacial score (nSPS) is 18.1. The van der Waals surface area contributed by atoms with Gasteiger partial charge in [-0.05, 0) is 25.8 Å². The van der Waals surface area contributed by atoms with E-state index in [4.69, 9.17) is 4.74 Å². The lowest BCUT2D eigenvalue weighted by Crippen LogP contribution is -2.44. The van der Waals surface area contributed by atoms with Crippen molar-refractivity contribution in [3.63, 3.8) is 0 Å². The molecule has 0 saturated carbocycles. The van der Waals surface area contributed by atoms with Crippen molar-refractivity contribution in [2.75, 3.05) is 31.1 Å². The Morgan fingerprint density at radius 1 is 1.43 bits per heavy atom. The molecular formula is C14H20N4O3. The number of ether oxygens (including phenoxy) is 1. The summed E-state index contributed by atoms with van der Waals surface area (Å²) in [6.07, 6.45) is 5.08. The quantitative estimate of drug-likeness (QED) is 0.789. The predicted molar refractivity (Wildman–Crippen MR) is 76.6 cm³/mol. The molecule has 7 nitrogen and oxygen atoms in total. The topological polar surface area (TPSA) is 84.4 Å². The summed E-state index contributed by atoms with van der Waals surface area (Å²) in [5, 5.41) is 2.63. The van der Waals surface area contributed by atoms with E-state index in [1.807, 2.05) is 4.90 Å². The van der Waals surface area contributed by atoms with Crippen molar-refractivity contribution in [1.82, 2.24) is 15.3 Å². The minimum atomic E-state index is -0.412. The smallest absolute Gasteiger partial charge is 0.325 e. The number of carbonyl (C=O) groups excluding carboxylic acids is 2. The average Bonchev–Trinajstić information content (AvgIpc) is 2.54. The van der Waals surface area contributed by atoms with Crippen LogP contribution in [0.15, 0.2) is 18.5 Å². The number of piperidine rings is 1. The summed E-state index contributed by atoms with van der Waals surface area (Å²) in [6.45, 7) is 3.38. The number of anilines is 1. The Balaban J connectivity index is 1.86. The van der Waals surface area contributed by atoms with Crippen LogP contribution in [0.1, 0.15) is 19.8 Å². The van der Waals surface area contributed by atoms with Crippen molar-refractivity contribution in [3.8, 4) is 0 Å². The molecule has 0 aliphatic carbocycles. The number of hydrogen-bond donors (Lipinski definition) is 1. The van der Waals surface area contributed by atoms with E-state index in [-0.39, 0.29) is 18.4 Å². The zero-order valence-corrected chi connectivity index (χ0v) is 12.1. The lowest BCUT2D eigenvalue weighted by atomic mass is 9.97. The minimum absolute atomic E-state index is 0.0784. The SMILES string of the molecule is CCOC(=O)CNC(=O)C1CCCN(c2ncccn2)C1. The first-order valence-electron chi connectivity index (χ1n) is 7.16. The number of nitrogens with one attached hydrogen (secondary N) is 1. The van der Waals surface area contributed by atoms with E-state index in [0.29, 0.717) is 19.1 Å². The molecule has 1 saturated heterocycles. The van der Waals surface area contributed by atoms with Gasteiger partial charge in [-0.2, -0.15) is 0 Å². The van der Waals surface area contributed by atoms with Crippen LogP contribution in [0.4, 0.5) is 5.95 Å². The van der Waals surface area contributed by atoms with Crippen LogP contribution < -0.4 is 10.2 Å². The van der Waals surface area contributed by atoms with Gasteiger partial charge in [-0.1, -0.05) is 0 Å². The zero-order chi connectivity index (χ0) is 15.1. The van der Waals surface area contributed by atoms with Crippen LogP contribution in [0, 0.1) is 5.92 Å². The number of rotatable bonds is 5. The molecule has 1 atom stereocenters. The Morgan fingerprint density at radius 3 is 2.90 bits per heavy atom. The van der Waals surface area contributed by atoms with Gasteiger partial charge in [0.25, 0.3) is 0 Å². The Bertz CT molecular complexity index is 480. The minimum Gasteiger partial charge on any atom is -0.465 e. The molecule has 1 amide bonds. The second kappa shape index (κ2) is 7.56. The summed E-state index contributed by atoms with van der Waals surface area (Å²) in [4.78, 5) is 33.8. The first kappa shape index (κ1) is 15.2. The molecule has 2 heterocycles. The lowest BCUT2D eigenvalue weighted by molar-refractivity contribution is -0.143. The van der Waals surface area contributed by atoms with Crippen molar-refractivity contribution in [1.29, 1.82) is 0 Å². The summed E-state index contributed by atoms with van der Waals surface area (Å²) in [7, 11) is 0. The van der Waals surface area contributed by atoms with Crippen molar-refractivity contribution in [2.24, 2.45) is 5.92 Å². The number of amides is 1. The molecule has 1 N–H and O–H groups in total. The number of hydrogen-bond acceptors (Lipinski definition) is 6.